The van der Waals surface area contributed by atoms with Crippen LogP contribution < -0.4 is 9.08 Å². The normalized spacial score (nSPS) is 14.2. The van der Waals surface area contributed by atoms with Crippen LogP contribution in [0.2, 0.25) is 0 Å². The number of anilines is 2. The average Bonchev–Trinajstić information content (AvgIpc) is 2.76. The van der Waals surface area contributed by atoms with Crippen molar-refractivity contribution in [1.82, 2.24) is 9.97 Å². The predicted octanol–water partition coefficient (Wildman–Crippen LogP) is 3.73. The lowest BCUT2D eigenvalue weighted by Gasteiger charge is -2.31. The van der Waals surface area contributed by atoms with Gasteiger partial charge in [0.15, 0.2) is 5.82 Å². The van der Waals surface area contributed by atoms with Gasteiger partial charge in [-0.3, -0.25) is 0 Å². The number of methoxy groups -OCH3 is 1. The second-order valence-electron chi connectivity index (χ2n) is 6.91. The Morgan fingerprint density at radius 1 is 1.09 bits per heavy atom. The van der Waals surface area contributed by atoms with Crippen molar-refractivity contribution in [3.63, 3.8) is 0 Å². The highest BCUT2D eigenvalue weighted by molar-refractivity contribution is 7.88. The standard InChI is InChI=1S/C20H16F3N3O5S/c1-30-19(27)13-8-9-14-15(11-13)24-17(18(25-14)31-32(28,29)20(21,22)23)26-10-4-6-12-5-2-3-7-16(12)26/h2-3,5,7-9,11H,4,6,10H2,1H3. The number of carbonyl (C=O) groups is 1. The maximum atomic E-state index is 13.0. The topological polar surface area (TPSA) is 98.7 Å². The van der Waals surface area contributed by atoms with Gasteiger partial charge in [0.05, 0.1) is 23.7 Å². The number of rotatable bonds is 4. The molecule has 8 nitrogen and oxygen atoms in total. The lowest BCUT2D eigenvalue weighted by Crippen LogP contribution is -2.31. The van der Waals surface area contributed by atoms with Crippen LogP contribution in [0.4, 0.5) is 24.7 Å². The SMILES string of the molecule is COC(=O)c1ccc2nc(OS(=O)(=O)C(F)(F)F)c(N3CCCc4ccccc43)nc2c1. The maximum Gasteiger partial charge on any atom is 0.534 e. The fraction of sp³-hybridized carbons (Fsp3) is 0.250. The molecule has 0 atom stereocenters. The van der Waals surface area contributed by atoms with Crippen LogP contribution in [0.1, 0.15) is 22.3 Å². The van der Waals surface area contributed by atoms with Gasteiger partial charge >= 0.3 is 21.6 Å². The summed E-state index contributed by atoms with van der Waals surface area (Å²) in [6.07, 6.45) is 1.38. The summed E-state index contributed by atoms with van der Waals surface area (Å²) in [6, 6.07) is 11.2. The van der Waals surface area contributed by atoms with Crippen LogP contribution in [-0.2, 0) is 21.3 Å². The zero-order chi connectivity index (χ0) is 23.1. The molecule has 0 unspecified atom stereocenters. The minimum Gasteiger partial charge on any atom is -0.465 e. The molecule has 4 rings (SSSR count). The van der Waals surface area contributed by atoms with E-state index in [4.69, 9.17) is 0 Å². The van der Waals surface area contributed by atoms with E-state index in [2.05, 4.69) is 18.9 Å². The van der Waals surface area contributed by atoms with Gasteiger partial charge in [-0.1, -0.05) is 18.2 Å². The van der Waals surface area contributed by atoms with E-state index in [1.54, 1.807) is 17.0 Å². The molecule has 0 N–H and O–H groups in total. The molecule has 0 aliphatic carbocycles. The predicted molar refractivity (Wildman–Crippen MR) is 108 cm³/mol. The number of hydrogen-bond acceptors (Lipinski definition) is 8. The third-order valence-electron chi connectivity index (χ3n) is 4.87. The Bertz CT molecular complexity index is 1310. The molecule has 32 heavy (non-hydrogen) atoms. The number of halogens is 3. The Labute approximate surface area is 180 Å². The van der Waals surface area contributed by atoms with E-state index in [-0.39, 0.29) is 22.4 Å². The van der Waals surface area contributed by atoms with E-state index in [0.29, 0.717) is 18.7 Å². The number of hydrogen-bond donors (Lipinski definition) is 0. The molecule has 0 saturated carbocycles. The molecule has 1 aromatic heterocycles. The number of nitrogens with zero attached hydrogens (tertiary/aromatic N) is 3. The van der Waals surface area contributed by atoms with E-state index in [0.717, 1.165) is 12.0 Å². The molecule has 0 amide bonds. The lowest BCUT2D eigenvalue weighted by molar-refractivity contribution is -0.0501. The smallest absolute Gasteiger partial charge is 0.465 e. The van der Waals surface area contributed by atoms with E-state index in [1.807, 2.05) is 12.1 Å². The second-order valence-corrected chi connectivity index (χ2v) is 8.45. The largest absolute Gasteiger partial charge is 0.534 e. The van der Waals surface area contributed by atoms with E-state index < -0.39 is 27.5 Å². The number of aromatic nitrogens is 2. The first-order valence-electron chi connectivity index (χ1n) is 9.37. The molecule has 3 aromatic rings. The Hall–Kier alpha value is -3.41. The molecule has 0 saturated heterocycles. The van der Waals surface area contributed by atoms with Crippen molar-refractivity contribution in [3.05, 3.63) is 53.6 Å². The van der Waals surface area contributed by atoms with Crippen LogP contribution in [0.3, 0.4) is 0 Å². The van der Waals surface area contributed by atoms with Gasteiger partial charge in [-0.15, -0.1) is 0 Å². The number of fused-ring (bicyclic) bond motifs is 2. The van der Waals surface area contributed by atoms with Crippen molar-refractivity contribution in [2.24, 2.45) is 0 Å². The van der Waals surface area contributed by atoms with Crippen LogP contribution in [0.25, 0.3) is 11.0 Å². The van der Waals surface area contributed by atoms with E-state index >= 15 is 0 Å². The minimum atomic E-state index is -5.99. The fourth-order valence-corrected chi connectivity index (χ4v) is 3.82. The van der Waals surface area contributed by atoms with Gasteiger partial charge in [-0.05, 0) is 42.7 Å². The molecule has 0 bridgehead atoms. The number of aryl methyl sites for hydroxylation is 1. The van der Waals surface area contributed by atoms with Crippen molar-refractivity contribution in [2.75, 3.05) is 18.6 Å². The van der Waals surface area contributed by atoms with Gasteiger partial charge in [0.1, 0.15) is 0 Å². The van der Waals surface area contributed by atoms with Gasteiger partial charge in [-0.2, -0.15) is 21.6 Å². The Kier molecular flexibility index (Phi) is 5.41. The van der Waals surface area contributed by atoms with Gasteiger partial charge in [0.25, 0.3) is 5.88 Å². The molecule has 1 aliphatic heterocycles. The third-order valence-corrected chi connectivity index (χ3v) is 5.82. The number of ether oxygens (including phenoxy) is 1. The Morgan fingerprint density at radius 3 is 2.56 bits per heavy atom. The molecule has 2 heterocycles. The van der Waals surface area contributed by atoms with Gasteiger partial charge < -0.3 is 13.8 Å². The lowest BCUT2D eigenvalue weighted by atomic mass is 10.0. The monoisotopic (exact) mass is 467 g/mol. The summed E-state index contributed by atoms with van der Waals surface area (Å²) in [5, 5.41) is 0. The van der Waals surface area contributed by atoms with Crippen molar-refractivity contribution >= 4 is 38.6 Å². The Morgan fingerprint density at radius 2 is 1.84 bits per heavy atom. The van der Waals surface area contributed by atoms with Crippen LogP contribution in [0.15, 0.2) is 42.5 Å². The summed E-state index contributed by atoms with van der Waals surface area (Å²) in [7, 11) is -4.79. The fourth-order valence-electron chi connectivity index (χ4n) is 3.41. The molecule has 0 radical (unpaired) electrons. The zero-order valence-corrected chi connectivity index (χ0v) is 17.4. The molecule has 0 spiro atoms. The van der Waals surface area contributed by atoms with Crippen LogP contribution in [0, 0.1) is 0 Å². The van der Waals surface area contributed by atoms with Gasteiger partial charge in [0.2, 0.25) is 0 Å². The molecular formula is C20H16F3N3O5S. The highest BCUT2D eigenvalue weighted by atomic mass is 32.2. The number of carbonyl (C=O) groups excluding carboxylic acids is 1. The number of para-hydroxylation sites is 1. The minimum absolute atomic E-state index is 0.0408. The summed E-state index contributed by atoms with van der Waals surface area (Å²) in [4.78, 5) is 21.7. The average molecular weight is 467 g/mol. The first-order valence-corrected chi connectivity index (χ1v) is 10.8. The van der Waals surface area contributed by atoms with Crippen molar-refractivity contribution < 1.29 is 35.3 Å². The van der Waals surface area contributed by atoms with Gasteiger partial charge in [-0.25, -0.2) is 14.8 Å². The first kappa shape index (κ1) is 21.8. The first-order chi connectivity index (χ1) is 15.1. The molecule has 168 valence electrons. The highest BCUT2D eigenvalue weighted by Crippen LogP contribution is 2.39. The van der Waals surface area contributed by atoms with E-state index in [1.165, 1.54) is 25.3 Å². The summed E-state index contributed by atoms with van der Waals surface area (Å²) in [5.74, 6) is -1.66. The second kappa shape index (κ2) is 7.93. The van der Waals surface area contributed by atoms with Crippen molar-refractivity contribution in [3.8, 4) is 5.88 Å². The van der Waals surface area contributed by atoms with Crippen LogP contribution >= 0.6 is 0 Å². The van der Waals surface area contributed by atoms with Crippen LogP contribution in [-0.4, -0.2) is 43.5 Å². The maximum absolute atomic E-state index is 13.0. The molecule has 0 fully saturated rings. The number of alkyl halides is 3. The number of benzene rings is 2. The number of esters is 1. The Balaban J connectivity index is 1.92. The molecule has 12 heteroatoms. The summed E-state index contributed by atoms with van der Waals surface area (Å²) in [6.45, 7) is 0.344. The highest BCUT2D eigenvalue weighted by Gasteiger charge is 2.49. The summed E-state index contributed by atoms with van der Waals surface area (Å²) >= 11 is 0. The van der Waals surface area contributed by atoms with E-state index in [9.17, 15) is 26.4 Å². The molecule has 2 aromatic carbocycles. The molecule has 1 aliphatic rings. The van der Waals surface area contributed by atoms with Crippen molar-refractivity contribution in [2.45, 2.75) is 18.3 Å². The summed E-state index contributed by atoms with van der Waals surface area (Å²) < 4.78 is 71.5. The van der Waals surface area contributed by atoms with Crippen LogP contribution in [0.5, 0.6) is 5.88 Å². The zero-order valence-electron chi connectivity index (χ0n) is 16.6. The molecular weight excluding hydrogens is 451 g/mol. The third kappa shape index (κ3) is 3.93. The van der Waals surface area contributed by atoms with Crippen molar-refractivity contribution in [1.29, 1.82) is 0 Å². The quantitative estimate of drug-likeness (QED) is 0.325. The van der Waals surface area contributed by atoms with Gasteiger partial charge in [0, 0.05) is 12.2 Å². The summed E-state index contributed by atoms with van der Waals surface area (Å²) in [5.41, 5.74) is -3.74.